The number of nitrogens with two attached hydrogens (primary N) is 1. The van der Waals surface area contributed by atoms with Crippen molar-refractivity contribution in [1.82, 2.24) is 0 Å². The zero-order chi connectivity index (χ0) is 11.1. The molecule has 0 amide bonds. The van der Waals surface area contributed by atoms with E-state index < -0.39 is 11.4 Å². The Morgan fingerprint density at radius 1 is 1.47 bits per heavy atom. The van der Waals surface area contributed by atoms with Gasteiger partial charge in [-0.3, -0.25) is 4.79 Å². The molecule has 3 nitrogen and oxygen atoms in total. The maximum Gasteiger partial charge on any atom is 0.310 e. The van der Waals surface area contributed by atoms with Crippen LogP contribution in [0.4, 0.5) is 0 Å². The molecule has 0 aromatic carbocycles. The van der Waals surface area contributed by atoms with Crippen LogP contribution in [0.5, 0.6) is 0 Å². The lowest BCUT2D eigenvalue weighted by atomic mass is 9.75. The molecule has 86 valence electrons. The van der Waals surface area contributed by atoms with E-state index in [1.807, 2.05) is 0 Å². The van der Waals surface area contributed by atoms with Gasteiger partial charge in [0.05, 0.1) is 5.41 Å². The Bertz CT molecular complexity index is 266. The van der Waals surface area contributed by atoms with E-state index in [4.69, 9.17) is 5.73 Å². The Labute approximate surface area is 91.0 Å². The fourth-order valence-electron chi connectivity index (χ4n) is 3.46. The Morgan fingerprint density at radius 3 is 2.60 bits per heavy atom. The zero-order valence-corrected chi connectivity index (χ0v) is 9.41. The van der Waals surface area contributed by atoms with Gasteiger partial charge in [-0.1, -0.05) is 6.42 Å². The summed E-state index contributed by atoms with van der Waals surface area (Å²) in [5, 5.41) is 9.18. The SMILES string of the molecule is CC(CN)(CC1CC2CCC1C2)C(=O)O. The van der Waals surface area contributed by atoms with Crippen molar-refractivity contribution in [2.75, 3.05) is 6.54 Å². The largest absolute Gasteiger partial charge is 0.481 e. The van der Waals surface area contributed by atoms with Gasteiger partial charge < -0.3 is 10.8 Å². The van der Waals surface area contributed by atoms with Crippen molar-refractivity contribution < 1.29 is 9.90 Å². The van der Waals surface area contributed by atoms with Crippen molar-refractivity contribution >= 4 is 5.97 Å². The first-order valence-electron chi connectivity index (χ1n) is 5.98. The van der Waals surface area contributed by atoms with E-state index in [2.05, 4.69) is 0 Å². The van der Waals surface area contributed by atoms with Gasteiger partial charge in [0.2, 0.25) is 0 Å². The van der Waals surface area contributed by atoms with Crippen molar-refractivity contribution in [2.24, 2.45) is 28.9 Å². The van der Waals surface area contributed by atoms with E-state index in [0.29, 0.717) is 5.92 Å². The van der Waals surface area contributed by atoms with Crippen LogP contribution in [0.3, 0.4) is 0 Å². The first-order chi connectivity index (χ1) is 7.05. The van der Waals surface area contributed by atoms with E-state index in [0.717, 1.165) is 18.3 Å². The average molecular weight is 211 g/mol. The normalized spacial score (nSPS) is 37.9. The van der Waals surface area contributed by atoms with E-state index in [1.54, 1.807) is 6.92 Å². The standard InChI is InChI=1S/C12H21NO2/c1-12(7-13,11(14)15)6-10-5-8-2-3-9(10)4-8/h8-10H,2-7,13H2,1H3,(H,14,15). The minimum absolute atomic E-state index is 0.260. The molecule has 2 bridgehead atoms. The Hall–Kier alpha value is -0.570. The predicted molar refractivity (Wildman–Crippen MR) is 58.4 cm³/mol. The van der Waals surface area contributed by atoms with E-state index in [1.165, 1.54) is 25.7 Å². The first-order valence-corrected chi connectivity index (χ1v) is 5.98. The monoisotopic (exact) mass is 211 g/mol. The van der Waals surface area contributed by atoms with Gasteiger partial charge in [-0.15, -0.1) is 0 Å². The van der Waals surface area contributed by atoms with Gasteiger partial charge in [-0.05, 0) is 50.4 Å². The van der Waals surface area contributed by atoms with Gasteiger partial charge >= 0.3 is 5.97 Å². The summed E-state index contributed by atoms with van der Waals surface area (Å²) in [6.07, 6.45) is 6.04. The number of carboxylic acids is 1. The number of carboxylic acid groups (broad SMARTS) is 1. The smallest absolute Gasteiger partial charge is 0.310 e. The molecule has 2 saturated carbocycles. The highest BCUT2D eigenvalue weighted by molar-refractivity contribution is 5.74. The summed E-state index contributed by atoms with van der Waals surface area (Å²) in [6, 6.07) is 0. The maximum atomic E-state index is 11.2. The second kappa shape index (κ2) is 3.78. The van der Waals surface area contributed by atoms with Gasteiger partial charge in [0.15, 0.2) is 0 Å². The summed E-state index contributed by atoms with van der Waals surface area (Å²) in [6.45, 7) is 2.05. The number of aliphatic carboxylic acids is 1. The Morgan fingerprint density at radius 2 is 2.20 bits per heavy atom. The van der Waals surface area contributed by atoms with E-state index in [9.17, 15) is 9.90 Å². The average Bonchev–Trinajstić information content (AvgIpc) is 2.78. The molecule has 4 unspecified atom stereocenters. The second-order valence-corrected chi connectivity index (χ2v) is 5.71. The van der Waals surface area contributed by atoms with Gasteiger partial charge in [0, 0.05) is 6.54 Å². The quantitative estimate of drug-likeness (QED) is 0.746. The Kier molecular flexibility index (Phi) is 2.75. The zero-order valence-electron chi connectivity index (χ0n) is 9.41. The number of hydrogen-bond donors (Lipinski definition) is 2. The van der Waals surface area contributed by atoms with Crippen LogP contribution in [0.1, 0.15) is 39.0 Å². The number of carbonyl (C=O) groups is 1. The lowest BCUT2D eigenvalue weighted by Gasteiger charge is -2.30. The van der Waals surface area contributed by atoms with Gasteiger partial charge in [-0.2, -0.15) is 0 Å². The van der Waals surface area contributed by atoms with Crippen LogP contribution >= 0.6 is 0 Å². The molecule has 0 heterocycles. The van der Waals surface area contributed by atoms with Crippen LogP contribution in [-0.4, -0.2) is 17.6 Å². The van der Waals surface area contributed by atoms with Crippen molar-refractivity contribution in [3.05, 3.63) is 0 Å². The molecule has 0 saturated heterocycles. The number of hydrogen-bond acceptors (Lipinski definition) is 2. The highest BCUT2D eigenvalue weighted by Crippen LogP contribution is 2.51. The van der Waals surface area contributed by atoms with Crippen molar-refractivity contribution in [1.29, 1.82) is 0 Å². The molecule has 2 rings (SSSR count). The van der Waals surface area contributed by atoms with Crippen molar-refractivity contribution in [2.45, 2.75) is 39.0 Å². The molecule has 0 spiro atoms. The van der Waals surface area contributed by atoms with E-state index >= 15 is 0 Å². The molecule has 3 heteroatoms. The summed E-state index contributed by atoms with van der Waals surface area (Å²) in [5.41, 5.74) is 4.90. The van der Waals surface area contributed by atoms with Crippen LogP contribution in [0.25, 0.3) is 0 Å². The highest BCUT2D eigenvalue weighted by atomic mass is 16.4. The van der Waals surface area contributed by atoms with Crippen LogP contribution in [0.15, 0.2) is 0 Å². The lowest BCUT2D eigenvalue weighted by Crippen LogP contribution is -2.38. The molecule has 0 aliphatic heterocycles. The third kappa shape index (κ3) is 1.89. The third-order valence-corrected chi connectivity index (χ3v) is 4.56. The Balaban J connectivity index is 1.99. The van der Waals surface area contributed by atoms with Crippen LogP contribution in [0, 0.1) is 23.2 Å². The molecular weight excluding hydrogens is 190 g/mol. The molecule has 4 atom stereocenters. The molecule has 2 fully saturated rings. The van der Waals surface area contributed by atoms with Crippen molar-refractivity contribution in [3.8, 4) is 0 Å². The molecule has 15 heavy (non-hydrogen) atoms. The number of rotatable bonds is 4. The van der Waals surface area contributed by atoms with E-state index in [-0.39, 0.29) is 6.54 Å². The van der Waals surface area contributed by atoms with Gasteiger partial charge in [0.25, 0.3) is 0 Å². The number of fused-ring (bicyclic) bond motifs is 2. The lowest BCUT2D eigenvalue weighted by molar-refractivity contribution is -0.148. The summed E-state index contributed by atoms with van der Waals surface area (Å²) in [5.74, 6) is 1.57. The van der Waals surface area contributed by atoms with Crippen LogP contribution in [0.2, 0.25) is 0 Å². The molecule has 2 aliphatic rings. The molecule has 2 aliphatic carbocycles. The molecule has 0 aromatic rings. The maximum absolute atomic E-state index is 11.2. The molecule has 3 N–H and O–H groups in total. The minimum atomic E-state index is -0.729. The minimum Gasteiger partial charge on any atom is -0.481 e. The fraction of sp³-hybridized carbons (Fsp3) is 0.917. The summed E-state index contributed by atoms with van der Waals surface area (Å²) in [7, 11) is 0. The second-order valence-electron chi connectivity index (χ2n) is 5.71. The van der Waals surface area contributed by atoms with Crippen LogP contribution in [-0.2, 0) is 4.79 Å². The molecule has 0 aromatic heterocycles. The summed E-state index contributed by atoms with van der Waals surface area (Å²) < 4.78 is 0. The topological polar surface area (TPSA) is 63.3 Å². The molecule has 0 radical (unpaired) electrons. The van der Waals surface area contributed by atoms with Crippen LogP contribution < -0.4 is 5.73 Å². The summed E-state index contributed by atoms with van der Waals surface area (Å²) >= 11 is 0. The van der Waals surface area contributed by atoms with Crippen molar-refractivity contribution in [3.63, 3.8) is 0 Å². The fourth-order valence-corrected chi connectivity index (χ4v) is 3.46. The first kappa shape index (κ1) is 10.9. The third-order valence-electron chi connectivity index (χ3n) is 4.56. The van der Waals surface area contributed by atoms with Gasteiger partial charge in [-0.25, -0.2) is 0 Å². The van der Waals surface area contributed by atoms with Gasteiger partial charge in [0.1, 0.15) is 0 Å². The predicted octanol–water partition coefficient (Wildman–Crippen LogP) is 1.86. The summed E-state index contributed by atoms with van der Waals surface area (Å²) in [4.78, 5) is 11.2. The highest BCUT2D eigenvalue weighted by Gasteiger charge is 2.44. The molecular formula is C12H21NO2.